The Kier molecular flexibility index (Phi) is 1.39. The standard InChI is InChI=1S/C9H10N2/c10-9-3-1-2-7-6-11-5-4-8(7)9/h1,3-7H,2,10H2. The number of rotatable bonds is 0. The van der Waals surface area contributed by atoms with Crippen LogP contribution in [0, 0.1) is 5.92 Å². The van der Waals surface area contributed by atoms with E-state index in [0.717, 1.165) is 12.1 Å². The molecule has 0 fully saturated rings. The molecule has 0 aromatic carbocycles. The highest BCUT2D eigenvalue weighted by atomic mass is 14.7. The van der Waals surface area contributed by atoms with Gasteiger partial charge in [0.05, 0.1) is 0 Å². The lowest BCUT2D eigenvalue weighted by molar-refractivity contribution is 0.822. The third-order valence-corrected chi connectivity index (χ3v) is 2.03. The second-order valence-corrected chi connectivity index (χ2v) is 2.77. The van der Waals surface area contributed by atoms with Gasteiger partial charge in [0.1, 0.15) is 0 Å². The number of fused-ring (bicyclic) bond motifs is 1. The van der Waals surface area contributed by atoms with Gasteiger partial charge in [-0.2, -0.15) is 0 Å². The minimum absolute atomic E-state index is 0.421. The van der Waals surface area contributed by atoms with E-state index in [1.807, 2.05) is 18.4 Å². The van der Waals surface area contributed by atoms with Gasteiger partial charge in [0.25, 0.3) is 0 Å². The van der Waals surface area contributed by atoms with Crippen LogP contribution >= 0.6 is 0 Å². The molecule has 2 heteroatoms. The summed E-state index contributed by atoms with van der Waals surface area (Å²) < 4.78 is 0. The maximum absolute atomic E-state index is 5.77. The highest BCUT2D eigenvalue weighted by Gasteiger charge is 2.15. The summed E-state index contributed by atoms with van der Waals surface area (Å²) in [7, 11) is 0. The minimum Gasteiger partial charge on any atom is -0.398 e. The molecule has 0 saturated heterocycles. The molecule has 1 heterocycles. The van der Waals surface area contributed by atoms with Crippen LogP contribution < -0.4 is 5.73 Å². The van der Waals surface area contributed by atoms with E-state index in [1.54, 1.807) is 6.20 Å². The molecule has 0 amide bonds. The van der Waals surface area contributed by atoms with Crippen LogP contribution in [-0.4, -0.2) is 6.21 Å². The van der Waals surface area contributed by atoms with Gasteiger partial charge >= 0.3 is 0 Å². The highest BCUT2D eigenvalue weighted by molar-refractivity contribution is 5.71. The van der Waals surface area contributed by atoms with Crippen molar-refractivity contribution in [2.75, 3.05) is 0 Å². The Bertz CT molecular complexity index is 282. The van der Waals surface area contributed by atoms with Crippen LogP contribution in [0.3, 0.4) is 0 Å². The molecule has 0 spiro atoms. The van der Waals surface area contributed by atoms with Gasteiger partial charge < -0.3 is 5.73 Å². The Morgan fingerprint density at radius 2 is 2.36 bits per heavy atom. The molecule has 1 atom stereocenters. The summed E-state index contributed by atoms with van der Waals surface area (Å²) in [4.78, 5) is 4.07. The average molecular weight is 146 g/mol. The normalized spacial score (nSPS) is 27.5. The molecule has 2 rings (SSSR count). The quantitative estimate of drug-likeness (QED) is 0.550. The zero-order valence-electron chi connectivity index (χ0n) is 6.20. The van der Waals surface area contributed by atoms with E-state index in [2.05, 4.69) is 11.1 Å². The van der Waals surface area contributed by atoms with E-state index >= 15 is 0 Å². The monoisotopic (exact) mass is 146 g/mol. The average Bonchev–Trinajstić information content (AvgIpc) is 2.06. The number of allylic oxidation sites excluding steroid dienone is 4. The summed E-state index contributed by atoms with van der Waals surface area (Å²) >= 11 is 0. The molecular formula is C9H10N2. The predicted octanol–water partition coefficient (Wildman–Crippen LogP) is 1.37. The summed E-state index contributed by atoms with van der Waals surface area (Å²) in [6.07, 6.45) is 10.8. The fourth-order valence-electron chi connectivity index (χ4n) is 1.42. The van der Waals surface area contributed by atoms with Crippen molar-refractivity contribution in [2.45, 2.75) is 6.42 Å². The molecule has 0 bridgehead atoms. The lowest BCUT2D eigenvalue weighted by Gasteiger charge is -2.19. The Morgan fingerprint density at radius 3 is 3.18 bits per heavy atom. The van der Waals surface area contributed by atoms with Crippen molar-refractivity contribution in [1.29, 1.82) is 0 Å². The van der Waals surface area contributed by atoms with Crippen LogP contribution in [0.25, 0.3) is 0 Å². The van der Waals surface area contributed by atoms with Crippen molar-refractivity contribution in [1.82, 2.24) is 0 Å². The van der Waals surface area contributed by atoms with Crippen molar-refractivity contribution in [3.8, 4) is 0 Å². The Hall–Kier alpha value is -1.31. The first kappa shape index (κ1) is 6.40. The zero-order chi connectivity index (χ0) is 7.68. The number of aliphatic imine (C=N–C) groups is 1. The van der Waals surface area contributed by atoms with Crippen molar-refractivity contribution < 1.29 is 0 Å². The van der Waals surface area contributed by atoms with Gasteiger partial charge in [0, 0.05) is 24.0 Å². The van der Waals surface area contributed by atoms with Crippen LogP contribution in [-0.2, 0) is 0 Å². The topological polar surface area (TPSA) is 38.4 Å². The molecule has 1 aliphatic heterocycles. The largest absolute Gasteiger partial charge is 0.398 e. The molecule has 0 aromatic rings. The lowest BCUT2D eigenvalue weighted by atomic mass is 9.90. The molecule has 2 nitrogen and oxygen atoms in total. The number of nitrogens with two attached hydrogens (primary N) is 1. The molecule has 1 unspecified atom stereocenters. The van der Waals surface area contributed by atoms with E-state index in [0.29, 0.717) is 5.92 Å². The van der Waals surface area contributed by atoms with E-state index < -0.39 is 0 Å². The Balaban J connectivity index is 2.43. The van der Waals surface area contributed by atoms with Gasteiger partial charge in [0.2, 0.25) is 0 Å². The summed E-state index contributed by atoms with van der Waals surface area (Å²) in [5.41, 5.74) is 7.86. The zero-order valence-corrected chi connectivity index (χ0v) is 6.20. The number of hydrogen-bond donors (Lipinski definition) is 1. The summed E-state index contributed by atoms with van der Waals surface area (Å²) in [5, 5.41) is 0. The van der Waals surface area contributed by atoms with Gasteiger partial charge in [-0.1, -0.05) is 6.08 Å². The van der Waals surface area contributed by atoms with Crippen molar-refractivity contribution >= 4 is 6.21 Å². The van der Waals surface area contributed by atoms with E-state index in [9.17, 15) is 0 Å². The Morgan fingerprint density at radius 1 is 1.45 bits per heavy atom. The first-order valence-electron chi connectivity index (χ1n) is 3.74. The van der Waals surface area contributed by atoms with Gasteiger partial charge in [-0.3, -0.25) is 4.99 Å². The maximum atomic E-state index is 5.77. The predicted molar refractivity (Wildman–Crippen MR) is 46.1 cm³/mol. The molecule has 2 aliphatic rings. The van der Waals surface area contributed by atoms with Crippen molar-refractivity contribution in [3.63, 3.8) is 0 Å². The van der Waals surface area contributed by atoms with Crippen LogP contribution in [0.5, 0.6) is 0 Å². The van der Waals surface area contributed by atoms with Gasteiger partial charge in [0.15, 0.2) is 0 Å². The highest BCUT2D eigenvalue weighted by Crippen LogP contribution is 2.24. The maximum Gasteiger partial charge on any atom is 0.0350 e. The first-order valence-corrected chi connectivity index (χ1v) is 3.74. The lowest BCUT2D eigenvalue weighted by Crippen LogP contribution is -2.14. The third kappa shape index (κ3) is 1.00. The minimum atomic E-state index is 0.421. The Labute approximate surface area is 65.8 Å². The molecule has 0 radical (unpaired) electrons. The third-order valence-electron chi connectivity index (χ3n) is 2.03. The smallest absolute Gasteiger partial charge is 0.0350 e. The summed E-state index contributed by atoms with van der Waals surface area (Å²) in [6, 6.07) is 0. The van der Waals surface area contributed by atoms with Gasteiger partial charge in [-0.15, -0.1) is 0 Å². The van der Waals surface area contributed by atoms with E-state index in [4.69, 9.17) is 5.73 Å². The molecule has 2 N–H and O–H groups in total. The van der Waals surface area contributed by atoms with Gasteiger partial charge in [-0.05, 0) is 24.1 Å². The fourth-order valence-corrected chi connectivity index (χ4v) is 1.42. The molecular weight excluding hydrogens is 136 g/mol. The van der Waals surface area contributed by atoms with Crippen molar-refractivity contribution in [3.05, 3.63) is 35.7 Å². The van der Waals surface area contributed by atoms with E-state index in [-0.39, 0.29) is 0 Å². The summed E-state index contributed by atoms with van der Waals surface area (Å²) in [5.74, 6) is 0.421. The van der Waals surface area contributed by atoms with Crippen LogP contribution in [0.15, 0.2) is 40.7 Å². The van der Waals surface area contributed by atoms with E-state index in [1.165, 1.54) is 5.57 Å². The number of nitrogens with zero attached hydrogens (tertiary/aromatic N) is 1. The molecule has 1 aliphatic carbocycles. The van der Waals surface area contributed by atoms with Crippen LogP contribution in [0.4, 0.5) is 0 Å². The first-order chi connectivity index (χ1) is 5.38. The van der Waals surface area contributed by atoms with Crippen LogP contribution in [0.1, 0.15) is 6.42 Å². The van der Waals surface area contributed by atoms with Crippen LogP contribution in [0.2, 0.25) is 0 Å². The summed E-state index contributed by atoms with van der Waals surface area (Å²) in [6.45, 7) is 0. The fraction of sp³-hybridized carbons (Fsp3) is 0.222. The molecule has 56 valence electrons. The second-order valence-electron chi connectivity index (χ2n) is 2.77. The molecule has 0 saturated carbocycles. The molecule has 11 heavy (non-hydrogen) atoms. The molecule has 0 aromatic heterocycles. The van der Waals surface area contributed by atoms with Crippen molar-refractivity contribution in [2.24, 2.45) is 16.6 Å². The van der Waals surface area contributed by atoms with Gasteiger partial charge in [-0.25, -0.2) is 0 Å². The second kappa shape index (κ2) is 2.38. The number of hydrogen-bond acceptors (Lipinski definition) is 2. The SMILES string of the molecule is NC1=C2C=CN=CC2CC=C1.